The molecule has 0 fully saturated rings. The second-order valence-corrected chi connectivity index (χ2v) is 5.54. The van der Waals surface area contributed by atoms with Crippen LogP contribution in [0.5, 0.6) is 0 Å². The first kappa shape index (κ1) is 10.1. The fourth-order valence-corrected chi connectivity index (χ4v) is 1.57. The van der Waals surface area contributed by atoms with Crippen LogP contribution in [0.25, 0.3) is 0 Å². The summed E-state index contributed by atoms with van der Waals surface area (Å²) in [5.74, 6) is 3.23. The molecular formula is C12H15Si. The maximum atomic E-state index is 3.27. The van der Waals surface area contributed by atoms with E-state index in [2.05, 4.69) is 48.8 Å². The molecule has 0 saturated carbocycles. The number of aryl methyl sites for hydroxylation is 1. The van der Waals surface area contributed by atoms with E-state index in [9.17, 15) is 0 Å². The molecule has 1 heteroatoms. The van der Waals surface area contributed by atoms with Gasteiger partial charge in [-0.3, -0.25) is 0 Å². The van der Waals surface area contributed by atoms with Gasteiger partial charge in [-0.15, -0.1) is 11.5 Å². The number of hydrogen-bond acceptors (Lipinski definition) is 0. The Morgan fingerprint density at radius 1 is 1.15 bits per heavy atom. The van der Waals surface area contributed by atoms with Gasteiger partial charge in [0.2, 0.25) is 0 Å². The van der Waals surface area contributed by atoms with Gasteiger partial charge in [0.15, 0.2) is 0 Å². The molecule has 0 nitrogen and oxygen atoms in total. The Balaban J connectivity index is 2.33. The molecule has 1 rings (SSSR count). The lowest BCUT2D eigenvalue weighted by molar-refractivity contribution is 1.03. The SMILES string of the molecule is C[Si](C)C#CCCc1ccccc1. The molecule has 1 aromatic carbocycles. The fourth-order valence-electron chi connectivity index (χ4n) is 1.09. The topological polar surface area (TPSA) is 0 Å². The maximum Gasteiger partial charge on any atom is 0.138 e. The molecule has 0 aliphatic carbocycles. The maximum absolute atomic E-state index is 3.27. The van der Waals surface area contributed by atoms with Gasteiger partial charge in [0.25, 0.3) is 0 Å². The minimum atomic E-state index is -0.350. The van der Waals surface area contributed by atoms with Crippen LogP contribution in [0.3, 0.4) is 0 Å². The van der Waals surface area contributed by atoms with Gasteiger partial charge in [0.1, 0.15) is 8.80 Å². The highest BCUT2D eigenvalue weighted by atomic mass is 28.3. The van der Waals surface area contributed by atoms with Crippen molar-refractivity contribution in [2.24, 2.45) is 0 Å². The summed E-state index contributed by atoms with van der Waals surface area (Å²) < 4.78 is 0. The average molecular weight is 187 g/mol. The van der Waals surface area contributed by atoms with E-state index in [0.29, 0.717) is 0 Å². The van der Waals surface area contributed by atoms with Crippen LogP contribution in [0.15, 0.2) is 30.3 Å². The van der Waals surface area contributed by atoms with Crippen LogP contribution in [0, 0.1) is 11.5 Å². The van der Waals surface area contributed by atoms with Crippen LogP contribution in [-0.2, 0) is 6.42 Å². The first-order valence-electron chi connectivity index (χ1n) is 4.62. The Morgan fingerprint density at radius 3 is 2.46 bits per heavy atom. The van der Waals surface area contributed by atoms with Crippen LogP contribution in [0.2, 0.25) is 13.1 Å². The first-order valence-corrected chi connectivity index (χ1v) is 7.12. The van der Waals surface area contributed by atoms with Crippen LogP contribution >= 0.6 is 0 Å². The molecule has 0 saturated heterocycles. The third kappa shape index (κ3) is 4.54. The van der Waals surface area contributed by atoms with Gasteiger partial charge in [-0.05, 0) is 12.0 Å². The smallest absolute Gasteiger partial charge is 0.134 e. The van der Waals surface area contributed by atoms with Crippen molar-refractivity contribution in [1.29, 1.82) is 0 Å². The summed E-state index contributed by atoms with van der Waals surface area (Å²) in [6.45, 7) is 4.44. The predicted octanol–water partition coefficient (Wildman–Crippen LogP) is 2.92. The van der Waals surface area contributed by atoms with Crippen LogP contribution in [-0.4, -0.2) is 8.80 Å². The highest BCUT2D eigenvalue weighted by Crippen LogP contribution is 2.01. The molecule has 0 heterocycles. The zero-order chi connectivity index (χ0) is 9.52. The molecule has 0 spiro atoms. The summed E-state index contributed by atoms with van der Waals surface area (Å²) >= 11 is 0. The average Bonchev–Trinajstić information content (AvgIpc) is 2.14. The van der Waals surface area contributed by atoms with Crippen molar-refractivity contribution in [3.8, 4) is 11.5 Å². The first-order chi connectivity index (χ1) is 6.29. The molecule has 0 bridgehead atoms. The number of hydrogen-bond donors (Lipinski definition) is 0. The molecule has 1 aromatic rings. The predicted molar refractivity (Wildman–Crippen MR) is 60.0 cm³/mol. The van der Waals surface area contributed by atoms with E-state index in [4.69, 9.17) is 0 Å². The molecular weight excluding hydrogens is 172 g/mol. The van der Waals surface area contributed by atoms with Gasteiger partial charge in [0, 0.05) is 6.42 Å². The van der Waals surface area contributed by atoms with E-state index in [0.717, 1.165) is 12.8 Å². The molecule has 0 N–H and O–H groups in total. The molecule has 0 unspecified atom stereocenters. The highest BCUT2D eigenvalue weighted by molar-refractivity contribution is 6.64. The van der Waals surface area contributed by atoms with E-state index >= 15 is 0 Å². The van der Waals surface area contributed by atoms with E-state index in [1.807, 2.05) is 6.07 Å². The number of rotatable bonds is 2. The van der Waals surface area contributed by atoms with Crippen LogP contribution in [0.4, 0.5) is 0 Å². The third-order valence-corrected chi connectivity index (χ3v) is 2.40. The van der Waals surface area contributed by atoms with Gasteiger partial charge >= 0.3 is 0 Å². The second-order valence-electron chi connectivity index (χ2n) is 3.29. The molecule has 0 amide bonds. The largest absolute Gasteiger partial charge is 0.138 e. The molecule has 1 radical (unpaired) electrons. The Kier molecular flexibility index (Phi) is 4.35. The minimum Gasteiger partial charge on any atom is -0.134 e. The Hall–Kier alpha value is -1.00. The van der Waals surface area contributed by atoms with E-state index in [1.54, 1.807) is 0 Å². The van der Waals surface area contributed by atoms with E-state index in [-0.39, 0.29) is 8.80 Å². The van der Waals surface area contributed by atoms with Crippen molar-refractivity contribution >= 4 is 8.80 Å². The summed E-state index contributed by atoms with van der Waals surface area (Å²) in [5.41, 5.74) is 4.65. The summed E-state index contributed by atoms with van der Waals surface area (Å²) in [6.07, 6.45) is 2.09. The molecule has 13 heavy (non-hydrogen) atoms. The highest BCUT2D eigenvalue weighted by Gasteiger charge is 1.88. The zero-order valence-electron chi connectivity index (χ0n) is 8.30. The van der Waals surface area contributed by atoms with Crippen molar-refractivity contribution in [3.05, 3.63) is 35.9 Å². The monoisotopic (exact) mass is 187 g/mol. The summed E-state index contributed by atoms with van der Waals surface area (Å²) in [4.78, 5) is 0. The van der Waals surface area contributed by atoms with Crippen molar-refractivity contribution in [3.63, 3.8) is 0 Å². The minimum absolute atomic E-state index is 0.350. The Bertz CT molecular complexity index is 290. The Labute approximate surface area is 82.6 Å². The van der Waals surface area contributed by atoms with Gasteiger partial charge in [-0.25, -0.2) is 0 Å². The Morgan fingerprint density at radius 2 is 1.85 bits per heavy atom. The van der Waals surface area contributed by atoms with Crippen molar-refractivity contribution < 1.29 is 0 Å². The molecule has 0 aliphatic heterocycles. The molecule has 0 aromatic heterocycles. The van der Waals surface area contributed by atoms with Crippen molar-refractivity contribution in [2.45, 2.75) is 25.9 Å². The van der Waals surface area contributed by atoms with E-state index < -0.39 is 0 Å². The van der Waals surface area contributed by atoms with Gasteiger partial charge < -0.3 is 0 Å². The quantitative estimate of drug-likeness (QED) is 0.493. The lowest BCUT2D eigenvalue weighted by atomic mass is 10.1. The molecule has 0 aliphatic rings. The van der Waals surface area contributed by atoms with E-state index in [1.165, 1.54) is 5.56 Å². The molecule has 0 atom stereocenters. The summed E-state index contributed by atoms with van der Waals surface area (Å²) in [7, 11) is -0.350. The lowest BCUT2D eigenvalue weighted by Crippen LogP contribution is -1.93. The summed E-state index contributed by atoms with van der Waals surface area (Å²) in [6, 6.07) is 10.5. The van der Waals surface area contributed by atoms with Crippen LogP contribution in [0.1, 0.15) is 12.0 Å². The molecule has 67 valence electrons. The second kappa shape index (κ2) is 5.61. The lowest BCUT2D eigenvalue weighted by Gasteiger charge is -1.94. The van der Waals surface area contributed by atoms with Crippen molar-refractivity contribution in [1.82, 2.24) is 0 Å². The van der Waals surface area contributed by atoms with Crippen LogP contribution < -0.4 is 0 Å². The van der Waals surface area contributed by atoms with Gasteiger partial charge in [-0.1, -0.05) is 43.4 Å². The normalized spacial score (nSPS) is 9.46. The van der Waals surface area contributed by atoms with Gasteiger partial charge in [-0.2, -0.15) is 0 Å². The zero-order valence-corrected chi connectivity index (χ0v) is 9.30. The fraction of sp³-hybridized carbons (Fsp3) is 0.333. The third-order valence-electron chi connectivity index (χ3n) is 1.72. The van der Waals surface area contributed by atoms with Crippen molar-refractivity contribution in [2.75, 3.05) is 0 Å². The summed E-state index contributed by atoms with van der Waals surface area (Å²) in [5, 5.41) is 0. The van der Waals surface area contributed by atoms with Gasteiger partial charge in [0.05, 0.1) is 0 Å². The number of benzene rings is 1. The standard InChI is InChI=1S/C12H15Si/c1-13(2)11-7-6-10-12-8-4-3-5-9-12/h3-5,8-9H,6,10H2,1-2H3.